The number of amides is 2. The quantitative estimate of drug-likeness (QED) is 0.343. The van der Waals surface area contributed by atoms with Crippen molar-refractivity contribution in [3.05, 3.63) is 25.3 Å². The summed E-state index contributed by atoms with van der Waals surface area (Å²) in [5, 5.41) is 10.2. The van der Waals surface area contributed by atoms with Gasteiger partial charge in [-0.2, -0.15) is 0 Å². The highest BCUT2D eigenvalue weighted by molar-refractivity contribution is 8.02. The van der Waals surface area contributed by atoms with Crippen molar-refractivity contribution in [3.63, 3.8) is 0 Å². The van der Waals surface area contributed by atoms with E-state index in [1.807, 2.05) is 13.8 Å². The molecule has 3 aliphatic rings. The van der Waals surface area contributed by atoms with Crippen LogP contribution in [0.5, 0.6) is 0 Å². The van der Waals surface area contributed by atoms with E-state index in [1.165, 1.54) is 6.08 Å². The zero-order valence-corrected chi connectivity index (χ0v) is 20.9. The van der Waals surface area contributed by atoms with Gasteiger partial charge >= 0.3 is 5.97 Å². The minimum absolute atomic E-state index is 0.0381. The van der Waals surface area contributed by atoms with Gasteiger partial charge < -0.3 is 19.6 Å². The Kier molecular flexibility index (Phi) is 8.32. The summed E-state index contributed by atoms with van der Waals surface area (Å²) >= 11 is 1.62. The number of aliphatic hydroxyl groups excluding tert-OH is 1. The third-order valence-electron chi connectivity index (χ3n) is 7.34. The Morgan fingerprint density at radius 3 is 2.67 bits per heavy atom. The molecule has 1 N–H and O–H groups in total. The van der Waals surface area contributed by atoms with E-state index in [-0.39, 0.29) is 42.2 Å². The van der Waals surface area contributed by atoms with Crippen LogP contribution in [0.15, 0.2) is 25.3 Å². The lowest BCUT2D eigenvalue weighted by molar-refractivity contribution is -0.153. The number of aliphatic hydroxyl groups is 1. The number of likely N-dealkylation sites (tertiary alicyclic amines) is 1. The van der Waals surface area contributed by atoms with Gasteiger partial charge in [-0.3, -0.25) is 14.4 Å². The zero-order chi connectivity index (χ0) is 24.3. The highest BCUT2D eigenvalue weighted by Crippen LogP contribution is 2.67. The Morgan fingerprint density at radius 1 is 1.36 bits per heavy atom. The molecule has 3 heterocycles. The number of ether oxygens (including phenoxy) is 1. The van der Waals surface area contributed by atoms with E-state index in [0.29, 0.717) is 19.5 Å². The molecule has 2 unspecified atom stereocenters. The highest BCUT2D eigenvalue weighted by Gasteiger charge is 2.74. The number of fused-ring (bicyclic) bond motifs is 1. The van der Waals surface area contributed by atoms with Crippen molar-refractivity contribution in [2.24, 2.45) is 17.8 Å². The molecule has 3 saturated heterocycles. The molecule has 0 aromatic carbocycles. The van der Waals surface area contributed by atoms with Crippen LogP contribution in [0.25, 0.3) is 0 Å². The molecule has 0 saturated carbocycles. The fourth-order valence-electron chi connectivity index (χ4n) is 5.82. The Labute approximate surface area is 201 Å². The summed E-state index contributed by atoms with van der Waals surface area (Å²) in [5.41, 5.74) is 0. The van der Waals surface area contributed by atoms with Crippen molar-refractivity contribution < 1.29 is 24.2 Å². The number of esters is 1. The van der Waals surface area contributed by atoms with Crippen LogP contribution in [0.2, 0.25) is 0 Å². The second kappa shape index (κ2) is 10.6. The van der Waals surface area contributed by atoms with Crippen LogP contribution in [0, 0.1) is 17.8 Å². The molecule has 8 heteroatoms. The summed E-state index contributed by atoms with van der Waals surface area (Å²) < 4.78 is 4.71. The van der Waals surface area contributed by atoms with Gasteiger partial charge in [0.05, 0.1) is 29.2 Å². The van der Waals surface area contributed by atoms with Crippen LogP contribution < -0.4 is 0 Å². The lowest BCUT2D eigenvalue weighted by Crippen LogP contribution is -2.58. The van der Waals surface area contributed by atoms with Crippen molar-refractivity contribution in [3.8, 4) is 0 Å². The van der Waals surface area contributed by atoms with E-state index < -0.39 is 28.7 Å². The molecular formula is C25H38N2O5S. The topological polar surface area (TPSA) is 87.2 Å². The predicted molar refractivity (Wildman–Crippen MR) is 130 cm³/mol. The lowest BCUT2D eigenvalue weighted by Gasteiger charge is -2.40. The average molecular weight is 479 g/mol. The number of hydrogen-bond donors (Lipinski definition) is 1. The predicted octanol–water partition coefficient (Wildman–Crippen LogP) is 2.64. The van der Waals surface area contributed by atoms with E-state index in [0.717, 1.165) is 19.3 Å². The number of nitrogens with zero attached hydrogens (tertiary/aromatic N) is 2. The van der Waals surface area contributed by atoms with Gasteiger partial charge in [-0.25, -0.2) is 0 Å². The number of carbonyl (C=O) groups is 3. The lowest BCUT2D eigenvalue weighted by atomic mass is 9.71. The maximum atomic E-state index is 14.1. The first kappa shape index (κ1) is 25.8. The maximum absolute atomic E-state index is 14.1. The van der Waals surface area contributed by atoms with Crippen molar-refractivity contribution in [1.82, 2.24) is 9.80 Å². The fourth-order valence-corrected chi connectivity index (χ4v) is 8.01. The third-order valence-corrected chi connectivity index (χ3v) is 9.30. The van der Waals surface area contributed by atoms with Crippen molar-refractivity contribution in [2.45, 2.75) is 68.5 Å². The van der Waals surface area contributed by atoms with Crippen LogP contribution in [0.4, 0.5) is 0 Å². The van der Waals surface area contributed by atoms with E-state index in [1.54, 1.807) is 27.6 Å². The summed E-state index contributed by atoms with van der Waals surface area (Å²) in [6.07, 6.45) is 6.50. The summed E-state index contributed by atoms with van der Waals surface area (Å²) in [7, 11) is 0. The Balaban J connectivity index is 2.06. The van der Waals surface area contributed by atoms with E-state index in [9.17, 15) is 19.5 Å². The standard InChI is InChI=1S/C25H38N2O5S/c1-6-9-13-26(12-7-2)23(30)21-25-11-10-18(33-25)19(24(31)32-14-8-3)20(25)22(29)27(21)17(15-28)16(4)5/h7-8,16-21,28H,2-3,6,9-15H2,1,4-5H3/t17-,18-,19+,20-,21?,25?/m0/s1. The Bertz CT molecular complexity index is 787. The molecule has 0 radical (unpaired) electrons. The van der Waals surface area contributed by atoms with Gasteiger partial charge in [-0.05, 0) is 25.2 Å². The van der Waals surface area contributed by atoms with Crippen molar-refractivity contribution in [2.75, 3.05) is 26.3 Å². The molecule has 7 nitrogen and oxygen atoms in total. The summed E-state index contributed by atoms with van der Waals surface area (Å²) in [4.78, 5) is 44.4. The molecule has 2 bridgehead atoms. The van der Waals surface area contributed by atoms with Gasteiger partial charge in [-0.1, -0.05) is 45.9 Å². The molecule has 0 aromatic heterocycles. The van der Waals surface area contributed by atoms with Crippen LogP contribution in [-0.2, 0) is 19.1 Å². The minimum Gasteiger partial charge on any atom is -0.461 e. The first-order valence-corrected chi connectivity index (χ1v) is 12.9. The smallest absolute Gasteiger partial charge is 0.311 e. The minimum atomic E-state index is -0.710. The van der Waals surface area contributed by atoms with Crippen LogP contribution in [0.1, 0.15) is 46.5 Å². The van der Waals surface area contributed by atoms with Crippen LogP contribution in [0.3, 0.4) is 0 Å². The molecule has 1 spiro atoms. The number of thioether (sulfide) groups is 1. The van der Waals surface area contributed by atoms with Gasteiger partial charge in [0.15, 0.2) is 0 Å². The van der Waals surface area contributed by atoms with Gasteiger partial charge in [0.1, 0.15) is 12.6 Å². The molecule has 0 aromatic rings. The van der Waals surface area contributed by atoms with Gasteiger partial charge in [0.25, 0.3) is 0 Å². The normalized spacial score (nSPS) is 30.9. The first-order chi connectivity index (χ1) is 15.8. The largest absolute Gasteiger partial charge is 0.461 e. The number of rotatable bonds is 12. The first-order valence-electron chi connectivity index (χ1n) is 12.1. The molecule has 3 aliphatic heterocycles. The molecule has 184 valence electrons. The number of carbonyl (C=O) groups excluding carboxylic acids is 3. The molecule has 0 aliphatic carbocycles. The van der Waals surface area contributed by atoms with E-state index in [2.05, 4.69) is 20.1 Å². The van der Waals surface area contributed by atoms with E-state index in [4.69, 9.17) is 4.74 Å². The maximum Gasteiger partial charge on any atom is 0.311 e. The highest BCUT2D eigenvalue weighted by atomic mass is 32.2. The van der Waals surface area contributed by atoms with Crippen molar-refractivity contribution >= 4 is 29.5 Å². The number of hydrogen-bond acceptors (Lipinski definition) is 6. The summed E-state index contributed by atoms with van der Waals surface area (Å²) in [5.74, 6) is -1.93. The molecular weight excluding hydrogens is 440 g/mol. The van der Waals surface area contributed by atoms with Gasteiger partial charge in [0, 0.05) is 18.3 Å². The molecule has 3 rings (SSSR count). The monoisotopic (exact) mass is 478 g/mol. The number of unbranched alkanes of at least 4 members (excludes halogenated alkanes) is 1. The Hall–Kier alpha value is -1.80. The van der Waals surface area contributed by atoms with Crippen LogP contribution in [-0.4, -0.2) is 81.1 Å². The van der Waals surface area contributed by atoms with Crippen molar-refractivity contribution in [1.29, 1.82) is 0 Å². The average Bonchev–Trinajstić information content (AvgIpc) is 3.43. The second-order valence-electron chi connectivity index (χ2n) is 9.64. The van der Waals surface area contributed by atoms with Crippen LogP contribution >= 0.6 is 11.8 Å². The fraction of sp³-hybridized carbons (Fsp3) is 0.720. The summed E-state index contributed by atoms with van der Waals surface area (Å²) in [6.45, 7) is 14.3. The third kappa shape index (κ3) is 4.36. The summed E-state index contributed by atoms with van der Waals surface area (Å²) in [6, 6.07) is -1.20. The molecule has 3 fully saturated rings. The molecule has 6 atom stereocenters. The zero-order valence-electron chi connectivity index (χ0n) is 20.1. The van der Waals surface area contributed by atoms with E-state index >= 15 is 0 Å². The second-order valence-corrected chi connectivity index (χ2v) is 11.2. The van der Waals surface area contributed by atoms with Gasteiger partial charge in [-0.15, -0.1) is 18.3 Å². The van der Waals surface area contributed by atoms with Gasteiger partial charge in [0.2, 0.25) is 11.8 Å². The molecule has 2 amide bonds. The molecule has 33 heavy (non-hydrogen) atoms. The Morgan fingerprint density at radius 2 is 2.09 bits per heavy atom. The SMILES string of the molecule is C=CCOC(=O)[C@@H]1[C@@H]2CCC3(S2)C(C(=O)N(CC=C)CCCC)N([C@@H](CO)C(C)C)C(=O)[C@H]13.